The second-order valence-electron chi connectivity index (χ2n) is 3.46. The largest absolute Gasteiger partial charge is 0.369 e. The molecule has 1 amide bonds. The molecule has 1 fully saturated rings. The van der Waals surface area contributed by atoms with E-state index >= 15 is 0 Å². The normalized spacial score (nSPS) is 26.6. The molecule has 12 heavy (non-hydrogen) atoms. The summed E-state index contributed by atoms with van der Waals surface area (Å²) in [6.07, 6.45) is 3.35. The van der Waals surface area contributed by atoms with E-state index < -0.39 is 0 Å². The van der Waals surface area contributed by atoms with E-state index in [1.807, 2.05) is 4.90 Å². The molecule has 0 aliphatic carbocycles. The Morgan fingerprint density at radius 1 is 1.50 bits per heavy atom. The van der Waals surface area contributed by atoms with E-state index in [4.69, 9.17) is 11.5 Å². The van der Waals surface area contributed by atoms with E-state index in [-0.39, 0.29) is 11.9 Å². The summed E-state index contributed by atoms with van der Waals surface area (Å²) in [4.78, 5) is 12.7. The van der Waals surface area contributed by atoms with Gasteiger partial charge in [-0.2, -0.15) is 0 Å². The van der Waals surface area contributed by atoms with Gasteiger partial charge in [0.05, 0.1) is 6.54 Å². The molecule has 4 heteroatoms. The summed E-state index contributed by atoms with van der Waals surface area (Å²) in [6.45, 7) is 2.12. The van der Waals surface area contributed by atoms with Crippen LogP contribution in [0.25, 0.3) is 0 Å². The van der Waals surface area contributed by atoms with Gasteiger partial charge in [-0.15, -0.1) is 0 Å². The Balaban J connectivity index is 2.35. The van der Waals surface area contributed by atoms with Gasteiger partial charge < -0.3 is 11.5 Å². The molecule has 0 aromatic carbocycles. The summed E-state index contributed by atoms with van der Waals surface area (Å²) in [5, 5.41) is 0. The molecule has 0 spiro atoms. The van der Waals surface area contributed by atoms with Crippen molar-refractivity contribution in [3.05, 3.63) is 0 Å². The fourth-order valence-electron chi connectivity index (χ4n) is 1.62. The van der Waals surface area contributed by atoms with Crippen LogP contribution < -0.4 is 11.5 Å². The van der Waals surface area contributed by atoms with Crippen molar-refractivity contribution in [3.8, 4) is 0 Å². The number of carbonyl (C=O) groups is 1. The summed E-state index contributed by atoms with van der Waals surface area (Å²) in [7, 11) is 0. The summed E-state index contributed by atoms with van der Waals surface area (Å²) in [5.74, 6) is -0.260. The molecule has 1 rings (SSSR count). The van der Waals surface area contributed by atoms with Gasteiger partial charge in [0.25, 0.3) is 0 Å². The second kappa shape index (κ2) is 4.42. The van der Waals surface area contributed by atoms with Crippen molar-refractivity contribution in [2.24, 2.45) is 11.5 Å². The topological polar surface area (TPSA) is 72.4 Å². The highest BCUT2D eigenvalue weighted by Gasteiger charge is 2.15. The van der Waals surface area contributed by atoms with Gasteiger partial charge in [0, 0.05) is 12.6 Å². The van der Waals surface area contributed by atoms with Crippen molar-refractivity contribution in [2.45, 2.75) is 25.3 Å². The molecular formula is C8H17N3O. The Hall–Kier alpha value is -0.610. The number of carbonyl (C=O) groups excluding carboxylic acids is 1. The summed E-state index contributed by atoms with van der Waals surface area (Å²) < 4.78 is 0. The third kappa shape index (κ3) is 3.19. The lowest BCUT2D eigenvalue weighted by Crippen LogP contribution is -2.40. The first-order valence-corrected chi connectivity index (χ1v) is 4.44. The standard InChI is InChI=1S/C8H17N3O/c9-7-3-1-2-4-11(5-7)6-8(10)12/h7H,1-6,9H2,(H2,10,12)/t7-/m0/s1. The molecule has 0 bridgehead atoms. The molecular weight excluding hydrogens is 154 g/mol. The first-order chi connectivity index (χ1) is 5.68. The van der Waals surface area contributed by atoms with E-state index in [9.17, 15) is 4.79 Å². The third-order valence-corrected chi connectivity index (χ3v) is 2.17. The lowest BCUT2D eigenvalue weighted by molar-refractivity contribution is -0.119. The number of nitrogens with two attached hydrogens (primary N) is 2. The van der Waals surface area contributed by atoms with Crippen molar-refractivity contribution in [2.75, 3.05) is 19.6 Å². The number of amides is 1. The smallest absolute Gasteiger partial charge is 0.231 e. The maximum atomic E-state index is 10.6. The Morgan fingerprint density at radius 3 is 2.92 bits per heavy atom. The van der Waals surface area contributed by atoms with Crippen LogP contribution in [0.15, 0.2) is 0 Å². The average Bonchev–Trinajstić information content (AvgIpc) is 2.12. The van der Waals surface area contributed by atoms with Crippen molar-refractivity contribution in [1.29, 1.82) is 0 Å². The van der Waals surface area contributed by atoms with Crippen molar-refractivity contribution in [1.82, 2.24) is 4.90 Å². The SMILES string of the molecule is NC(=O)CN1CCCC[C@H](N)C1. The Morgan fingerprint density at radius 2 is 2.25 bits per heavy atom. The maximum Gasteiger partial charge on any atom is 0.231 e. The second-order valence-corrected chi connectivity index (χ2v) is 3.46. The predicted octanol–water partition coefficient (Wildman–Crippen LogP) is -0.715. The molecule has 0 radical (unpaired) electrons. The first-order valence-electron chi connectivity index (χ1n) is 4.44. The van der Waals surface area contributed by atoms with Crippen molar-refractivity contribution in [3.63, 3.8) is 0 Å². The number of likely N-dealkylation sites (tertiary alicyclic amines) is 1. The van der Waals surface area contributed by atoms with Crippen LogP contribution in [0.3, 0.4) is 0 Å². The molecule has 0 aromatic heterocycles. The van der Waals surface area contributed by atoms with Crippen LogP contribution in [0, 0.1) is 0 Å². The molecule has 1 aliphatic heterocycles. The highest BCUT2D eigenvalue weighted by atomic mass is 16.1. The average molecular weight is 171 g/mol. The minimum absolute atomic E-state index is 0.215. The molecule has 70 valence electrons. The number of hydrogen-bond acceptors (Lipinski definition) is 3. The summed E-state index contributed by atoms with van der Waals surface area (Å²) in [5.41, 5.74) is 10.9. The van der Waals surface area contributed by atoms with Gasteiger partial charge in [0.1, 0.15) is 0 Å². The van der Waals surface area contributed by atoms with Crippen LogP contribution in [-0.2, 0) is 4.79 Å². The molecule has 4 nitrogen and oxygen atoms in total. The minimum atomic E-state index is -0.260. The van der Waals surface area contributed by atoms with Gasteiger partial charge in [-0.05, 0) is 19.4 Å². The quantitative estimate of drug-likeness (QED) is 0.576. The Bertz CT molecular complexity index is 160. The van der Waals surface area contributed by atoms with Crippen LogP contribution in [-0.4, -0.2) is 36.5 Å². The molecule has 0 unspecified atom stereocenters. The zero-order chi connectivity index (χ0) is 8.97. The van der Waals surface area contributed by atoms with Gasteiger partial charge >= 0.3 is 0 Å². The highest BCUT2D eigenvalue weighted by Crippen LogP contribution is 2.08. The van der Waals surface area contributed by atoms with E-state index in [1.165, 1.54) is 0 Å². The monoisotopic (exact) mass is 171 g/mol. The number of hydrogen-bond donors (Lipinski definition) is 2. The minimum Gasteiger partial charge on any atom is -0.369 e. The summed E-state index contributed by atoms with van der Waals surface area (Å²) >= 11 is 0. The molecule has 1 heterocycles. The summed E-state index contributed by atoms with van der Waals surface area (Å²) in [6, 6.07) is 0.215. The van der Waals surface area contributed by atoms with Gasteiger partial charge in [0.2, 0.25) is 5.91 Å². The molecule has 1 saturated heterocycles. The zero-order valence-electron chi connectivity index (χ0n) is 7.33. The van der Waals surface area contributed by atoms with Gasteiger partial charge in [-0.3, -0.25) is 9.69 Å². The highest BCUT2D eigenvalue weighted by molar-refractivity contribution is 5.75. The van der Waals surface area contributed by atoms with Gasteiger partial charge in [-0.25, -0.2) is 0 Å². The fourth-order valence-corrected chi connectivity index (χ4v) is 1.62. The number of rotatable bonds is 2. The lowest BCUT2D eigenvalue weighted by Gasteiger charge is -2.19. The maximum absolute atomic E-state index is 10.6. The Labute approximate surface area is 72.9 Å². The number of primary amides is 1. The van der Waals surface area contributed by atoms with Crippen LogP contribution in [0.1, 0.15) is 19.3 Å². The van der Waals surface area contributed by atoms with E-state index in [2.05, 4.69) is 0 Å². The van der Waals surface area contributed by atoms with Crippen molar-refractivity contribution >= 4 is 5.91 Å². The van der Waals surface area contributed by atoms with Gasteiger partial charge in [-0.1, -0.05) is 6.42 Å². The van der Waals surface area contributed by atoms with Crippen LogP contribution >= 0.6 is 0 Å². The molecule has 1 atom stereocenters. The van der Waals surface area contributed by atoms with Gasteiger partial charge in [0.15, 0.2) is 0 Å². The van der Waals surface area contributed by atoms with Crippen LogP contribution in [0.4, 0.5) is 0 Å². The fraction of sp³-hybridized carbons (Fsp3) is 0.875. The van der Waals surface area contributed by atoms with E-state index in [1.54, 1.807) is 0 Å². The molecule has 0 saturated carbocycles. The van der Waals surface area contributed by atoms with Crippen molar-refractivity contribution < 1.29 is 4.79 Å². The molecule has 1 aliphatic rings. The third-order valence-electron chi connectivity index (χ3n) is 2.17. The molecule has 0 aromatic rings. The predicted molar refractivity (Wildman–Crippen MR) is 47.5 cm³/mol. The van der Waals surface area contributed by atoms with Crippen LogP contribution in [0.2, 0.25) is 0 Å². The zero-order valence-corrected chi connectivity index (χ0v) is 7.33. The van der Waals surface area contributed by atoms with Crippen LogP contribution in [0.5, 0.6) is 0 Å². The molecule has 4 N–H and O–H groups in total. The number of nitrogens with zero attached hydrogens (tertiary/aromatic N) is 1. The Kier molecular flexibility index (Phi) is 3.49. The van der Waals surface area contributed by atoms with E-state index in [0.29, 0.717) is 6.54 Å². The van der Waals surface area contributed by atoms with E-state index in [0.717, 1.165) is 32.4 Å². The first kappa shape index (κ1) is 9.48. The lowest BCUT2D eigenvalue weighted by atomic mass is 10.2.